The summed E-state index contributed by atoms with van der Waals surface area (Å²) in [6, 6.07) is 15.5. The van der Waals surface area contributed by atoms with Crippen molar-refractivity contribution in [2.24, 2.45) is 0 Å². The normalized spacial score (nSPS) is 12.6. The second-order valence-corrected chi connectivity index (χ2v) is 9.74. The minimum Gasteiger partial charge on any atom is -0.550 e. The maximum Gasteiger partial charge on any atom is 1.00 e. The quantitative estimate of drug-likeness (QED) is 0.349. The third-order valence-corrected chi connectivity index (χ3v) is 6.29. The minimum absolute atomic E-state index is 0. The summed E-state index contributed by atoms with van der Waals surface area (Å²) in [5.41, 5.74) is 4.34. The molecular weight excluding hydrogens is 498 g/mol. The van der Waals surface area contributed by atoms with E-state index in [1.165, 1.54) is 17.0 Å². The number of carbonyl (C=O) groups excluding carboxylic acids is 2. The third kappa shape index (κ3) is 7.55. The van der Waals surface area contributed by atoms with Crippen molar-refractivity contribution < 1.29 is 58.9 Å². The molecular formula is C29H34FN2NaO5. The number of aromatic nitrogens is 1. The predicted molar refractivity (Wildman–Crippen MR) is 138 cm³/mol. The van der Waals surface area contributed by atoms with Crippen molar-refractivity contribution in [2.75, 3.05) is 14.1 Å². The molecule has 198 valence electrons. The molecule has 0 aliphatic carbocycles. The molecule has 0 unspecified atom stereocenters. The van der Waals surface area contributed by atoms with Crippen LogP contribution in [-0.2, 0) is 11.2 Å². The van der Waals surface area contributed by atoms with Crippen LogP contribution in [0.2, 0.25) is 0 Å². The molecule has 3 rings (SSSR count). The van der Waals surface area contributed by atoms with Gasteiger partial charge in [-0.3, -0.25) is 4.79 Å². The summed E-state index contributed by atoms with van der Waals surface area (Å²) in [5, 5.41) is 31.3. The van der Waals surface area contributed by atoms with Crippen molar-refractivity contribution in [3.63, 3.8) is 0 Å². The molecule has 7 nitrogen and oxygen atoms in total. The van der Waals surface area contributed by atoms with Crippen LogP contribution in [-0.4, -0.2) is 57.9 Å². The van der Waals surface area contributed by atoms with Crippen molar-refractivity contribution in [2.45, 2.75) is 57.8 Å². The smallest absolute Gasteiger partial charge is 0.550 e. The summed E-state index contributed by atoms with van der Waals surface area (Å²) in [6.45, 7) is 3.94. The van der Waals surface area contributed by atoms with Crippen molar-refractivity contribution in [1.82, 2.24) is 9.47 Å². The SMILES string of the molecule is CC(C)n1c(CC[C@@H](O)C[C@@H](O)CC(=O)[O-])c(-c2ccc(F)cc2)c(-c2ccccc2)c1C(=O)N(C)C.[Na+]. The molecule has 38 heavy (non-hydrogen) atoms. The van der Waals surface area contributed by atoms with Gasteiger partial charge in [0.1, 0.15) is 11.5 Å². The summed E-state index contributed by atoms with van der Waals surface area (Å²) in [6.07, 6.45) is -2.31. The van der Waals surface area contributed by atoms with Gasteiger partial charge in [-0.25, -0.2) is 4.39 Å². The molecule has 2 atom stereocenters. The second kappa shape index (κ2) is 14.1. The first-order chi connectivity index (χ1) is 17.5. The Bertz CT molecular complexity index is 1230. The van der Waals surface area contributed by atoms with Crippen LogP contribution < -0.4 is 34.7 Å². The molecule has 1 heterocycles. The van der Waals surface area contributed by atoms with Gasteiger partial charge in [0.15, 0.2) is 0 Å². The van der Waals surface area contributed by atoms with E-state index >= 15 is 0 Å². The number of benzene rings is 2. The standard InChI is InChI=1S/C29H35FN2O5.Na/c1-18(2)32-24(15-14-22(33)16-23(34)17-25(35)36)26(20-10-12-21(30)13-11-20)27(19-8-6-5-7-9-19)28(32)29(37)31(3)4;/h5-13,18,22-23,33-34H,14-17H2,1-4H3,(H,35,36);/q;+1/p-1/t22-,23-;/m1./s1. The first-order valence-corrected chi connectivity index (χ1v) is 12.4. The first-order valence-electron chi connectivity index (χ1n) is 12.4. The summed E-state index contributed by atoms with van der Waals surface area (Å²) < 4.78 is 15.8. The molecule has 1 amide bonds. The second-order valence-electron chi connectivity index (χ2n) is 9.74. The first kappa shape index (κ1) is 31.7. The van der Waals surface area contributed by atoms with E-state index in [-0.39, 0.29) is 60.2 Å². The van der Waals surface area contributed by atoms with Crippen LogP contribution >= 0.6 is 0 Å². The number of amides is 1. The van der Waals surface area contributed by atoms with Crippen LogP contribution in [0.1, 0.15) is 55.3 Å². The van der Waals surface area contributed by atoms with E-state index in [2.05, 4.69) is 0 Å². The van der Waals surface area contributed by atoms with Gasteiger partial charge in [0.05, 0.1) is 12.2 Å². The van der Waals surface area contributed by atoms with Gasteiger partial charge in [-0.2, -0.15) is 0 Å². The monoisotopic (exact) mass is 532 g/mol. The van der Waals surface area contributed by atoms with Gasteiger partial charge >= 0.3 is 29.6 Å². The molecule has 2 N–H and O–H groups in total. The summed E-state index contributed by atoms with van der Waals surface area (Å²) in [7, 11) is 3.38. The Balaban J connectivity index is 0.00000507. The van der Waals surface area contributed by atoms with Gasteiger partial charge in [0.2, 0.25) is 0 Å². The summed E-state index contributed by atoms with van der Waals surface area (Å²) >= 11 is 0. The van der Waals surface area contributed by atoms with Gasteiger partial charge in [-0.15, -0.1) is 0 Å². The Labute approximate surface area is 245 Å². The minimum atomic E-state index is -1.38. The van der Waals surface area contributed by atoms with E-state index in [1.807, 2.05) is 48.7 Å². The molecule has 0 saturated carbocycles. The van der Waals surface area contributed by atoms with Crippen molar-refractivity contribution in [3.8, 4) is 22.3 Å². The molecule has 9 heteroatoms. The van der Waals surface area contributed by atoms with Gasteiger partial charge in [0.25, 0.3) is 5.91 Å². The molecule has 1 aromatic heterocycles. The van der Waals surface area contributed by atoms with Crippen LogP contribution in [0.5, 0.6) is 0 Å². The number of aliphatic carboxylic acids is 1. The molecule has 0 aliphatic rings. The average Bonchev–Trinajstić information content (AvgIpc) is 3.17. The van der Waals surface area contributed by atoms with Crippen molar-refractivity contribution in [3.05, 3.63) is 71.8 Å². The van der Waals surface area contributed by atoms with Gasteiger partial charge in [0, 0.05) is 49.3 Å². The van der Waals surface area contributed by atoms with E-state index in [0.29, 0.717) is 12.1 Å². The van der Waals surface area contributed by atoms with Gasteiger partial charge in [-0.05, 0) is 56.4 Å². The van der Waals surface area contributed by atoms with E-state index < -0.39 is 24.6 Å². The fourth-order valence-corrected chi connectivity index (χ4v) is 4.70. The van der Waals surface area contributed by atoms with Crippen molar-refractivity contribution >= 4 is 11.9 Å². The number of nitrogens with zero attached hydrogens (tertiary/aromatic N) is 2. The van der Waals surface area contributed by atoms with Crippen molar-refractivity contribution in [1.29, 1.82) is 0 Å². The zero-order chi connectivity index (χ0) is 27.3. The maximum atomic E-state index is 13.9. The molecule has 0 bridgehead atoms. The summed E-state index contributed by atoms with van der Waals surface area (Å²) in [5.74, 6) is -1.95. The van der Waals surface area contributed by atoms with E-state index in [4.69, 9.17) is 0 Å². The number of aliphatic hydroxyl groups excluding tert-OH is 2. The molecule has 0 radical (unpaired) electrons. The van der Waals surface area contributed by atoms with Crippen LogP contribution in [0.3, 0.4) is 0 Å². The fraction of sp³-hybridized carbons (Fsp3) is 0.379. The fourth-order valence-electron chi connectivity index (χ4n) is 4.70. The number of carboxylic acids is 1. The number of hydrogen-bond donors (Lipinski definition) is 2. The zero-order valence-corrected chi connectivity index (χ0v) is 24.6. The van der Waals surface area contributed by atoms with E-state index in [9.17, 15) is 29.3 Å². The van der Waals surface area contributed by atoms with E-state index in [0.717, 1.165) is 27.9 Å². The topological polar surface area (TPSA) is 106 Å². The third-order valence-electron chi connectivity index (χ3n) is 6.29. The maximum absolute atomic E-state index is 13.9. The van der Waals surface area contributed by atoms with E-state index in [1.54, 1.807) is 26.2 Å². The van der Waals surface area contributed by atoms with Crippen LogP contribution in [0.15, 0.2) is 54.6 Å². The Morgan fingerprint density at radius 3 is 2.05 bits per heavy atom. The zero-order valence-electron chi connectivity index (χ0n) is 22.6. The molecule has 0 saturated heterocycles. The Morgan fingerprint density at radius 1 is 0.947 bits per heavy atom. The Hall–Kier alpha value is -2.49. The number of carbonyl (C=O) groups is 2. The Morgan fingerprint density at radius 2 is 1.53 bits per heavy atom. The molecule has 3 aromatic rings. The number of aliphatic hydroxyl groups is 2. The number of carboxylic acid groups (broad SMARTS) is 1. The number of rotatable bonds is 11. The van der Waals surface area contributed by atoms with Crippen LogP contribution in [0, 0.1) is 5.82 Å². The van der Waals surface area contributed by atoms with Gasteiger partial charge < -0.3 is 29.6 Å². The molecule has 2 aromatic carbocycles. The van der Waals surface area contributed by atoms with Gasteiger partial charge in [-0.1, -0.05) is 42.5 Å². The number of halogens is 1. The largest absolute Gasteiger partial charge is 1.00 e. The molecule has 0 spiro atoms. The number of hydrogen-bond acceptors (Lipinski definition) is 5. The Kier molecular flexibility index (Phi) is 11.7. The van der Waals surface area contributed by atoms with Crippen LogP contribution in [0.25, 0.3) is 22.3 Å². The van der Waals surface area contributed by atoms with Crippen LogP contribution in [0.4, 0.5) is 4.39 Å². The molecule has 0 aliphatic heterocycles. The average molecular weight is 533 g/mol. The molecule has 0 fully saturated rings. The predicted octanol–water partition coefficient (Wildman–Crippen LogP) is 0.432. The summed E-state index contributed by atoms with van der Waals surface area (Å²) in [4.78, 5) is 25.9.